The van der Waals surface area contributed by atoms with E-state index in [0.717, 1.165) is 11.3 Å². The Bertz CT molecular complexity index is 735. The van der Waals surface area contributed by atoms with Crippen LogP contribution in [-0.2, 0) is 20.1 Å². The van der Waals surface area contributed by atoms with Gasteiger partial charge in [-0.2, -0.15) is 4.40 Å². The lowest BCUT2D eigenvalue weighted by molar-refractivity contribution is 0.143. The number of rotatable bonds is 7. The molecule has 0 saturated heterocycles. The van der Waals surface area contributed by atoms with Crippen molar-refractivity contribution in [3.8, 4) is 5.75 Å². The minimum Gasteiger partial charge on any atom is -0.497 e. The zero-order valence-electron chi connectivity index (χ0n) is 20.0. The minimum absolute atomic E-state index is 0.0441. The highest BCUT2D eigenvalue weighted by Gasteiger charge is 2.41. The van der Waals surface area contributed by atoms with E-state index in [1.807, 2.05) is 52.0 Å². The van der Waals surface area contributed by atoms with Gasteiger partial charge in [0.05, 0.1) is 31.0 Å². The average molecular weight is 442 g/mol. The Hall–Kier alpha value is -1.18. The van der Waals surface area contributed by atoms with Crippen LogP contribution in [0.15, 0.2) is 28.7 Å². The molecule has 3 atom stereocenters. The number of ether oxygens (including phenoxy) is 2. The van der Waals surface area contributed by atoms with Crippen LogP contribution in [0.5, 0.6) is 5.75 Å². The van der Waals surface area contributed by atoms with Crippen molar-refractivity contribution in [1.29, 1.82) is 0 Å². The first-order valence-electron chi connectivity index (χ1n) is 10.0. The second-order valence-corrected chi connectivity index (χ2v) is 16.5. The summed E-state index contributed by atoms with van der Waals surface area (Å²) in [4.78, 5) is 0. The van der Waals surface area contributed by atoms with Gasteiger partial charge in [0.2, 0.25) is 5.90 Å². The second-order valence-electron chi connectivity index (χ2n) is 9.86. The minimum atomic E-state index is -2.10. The smallest absolute Gasteiger partial charge is 0.203 e. The molecular weight excluding hydrogens is 402 g/mol. The second kappa shape index (κ2) is 9.75. The molecule has 0 unspecified atom stereocenters. The molecule has 166 valence electrons. The molecule has 7 heteroatoms. The van der Waals surface area contributed by atoms with Crippen LogP contribution in [-0.4, -0.2) is 37.4 Å². The van der Waals surface area contributed by atoms with Gasteiger partial charge >= 0.3 is 0 Å². The molecule has 0 radical (unpaired) electrons. The molecule has 0 aliphatic carbocycles. The molecule has 1 aromatic rings. The van der Waals surface area contributed by atoms with E-state index in [2.05, 4.69) is 38.3 Å². The lowest BCUT2D eigenvalue weighted by Gasteiger charge is -2.41. The molecule has 0 aliphatic rings. The Labute approximate surface area is 181 Å². The van der Waals surface area contributed by atoms with E-state index in [1.54, 1.807) is 14.2 Å². The van der Waals surface area contributed by atoms with Gasteiger partial charge < -0.3 is 13.9 Å². The van der Waals surface area contributed by atoms with Crippen LogP contribution in [0.1, 0.15) is 60.1 Å². The standard InChI is InChI=1S/C22H39NO4SSi/c1-16(20(26-9)23-28(24)21(2,3)4)19(27-29(10,11)22(5,6)7)17-13-12-14-18(15-17)25-8/h12-16,19H,1-11H3/b23-20+/t16-,19+,28-/m1/s1. The highest BCUT2D eigenvalue weighted by molar-refractivity contribution is 7.85. The predicted octanol–water partition coefficient (Wildman–Crippen LogP) is 5.90. The fraction of sp³-hybridized carbons (Fsp3) is 0.682. The van der Waals surface area contributed by atoms with Gasteiger partial charge in [-0.3, -0.25) is 0 Å². The quantitative estimate of drug-likeness (QED) is 0.300. The molecule has 0 fully saturated rings. The summed E-state index contributed by atoms with van der Waals surface area (Å²) in [5, 5.41) is 0.0441. The van der Waals surface area contributed by atoms with Crippen LogP contribution in [0.4, 0.5) is 0 Å². The van der Waals surface area contributed by atoms with Crippen molar-refractivity contribution in [1.82, 2.24) is 0 Å². The maximum absolute atomic E-state index is 12.6. The largest absolute Gasteiger partial charge is 0.497 e. The Morgan fingerprint density at radius 3 is 2.14 bits per heavy atom. The van der Waals surface area contributed by atoms with Crippen molar-refractivity contribution in [3.05, 3.63) is 29.8 Å². The Kier molecular flexibility index (Phi) is 8.69. The lowest BCUT2D eigenvalue weighted by Crippen LogP contribution is -2.43. The van der Waals surface area contributed by atoms with E-state index in [1.165, 1.54) is 0 Å². The van der Waals surface area contributed by atoms with E-state index < -0.39 is 24.1 Å². The summed E-state index contributed by atoms with van der Waals surface area (Å²) in [5.41, 5.74) is 0.993. The van der Waals surface area contributed by atoms with Crippen molar-refractivity contribution in [2.24, 2.45) is 10.3 Å². The van der Waals surface area contributed by atoms with E-state index in [0.29, 0.717) is 5.90 Å². The van der Waals surface area contributed by atoms with Gasteiger partial charge in [0.15, 0.2) is 8.32 Å². The highest BCUT2D eigenvalue weighted by Crippen LogP contribution is 2.42. The van der Waals surface area contributed by atoms with Gasteiger partial charge in [-0.05, 0) is 56.6 Å². The molecule has 0 heterocycles. The third kappa shape index (κ3) is 6.93. The van der Waals surface area contributed by atoms with Crippen molar-refractivity contribution in [3.63, 3.8) is 0 Å². The fourth-order valence-corrected chi connectivity index (χ4v) is 4.43. The summed E-state index contributed by atoms with van der Waals surface area (Å²) in [5.74, 6) is 0.991. The summed E-state index contributed by atoms with van der Waals surface area (Å²) in [6.07, 6.45) is -0.290. The Morgan fingerprint density at radius 2 is 1.69 bits per heavy atom. The first-order valence-corrected chi connectivity index (χ1v) is 14.0. The molecular formula is C22H39NO4SSi. The molecule has 0 spiro atoms. The van der Waals surface area contributed by atoms with Gasteiger partial charge in [0, 0.05) is 0 Å². The molecule has 0 aromatic heterocycles. The molecule has 0 N–H and O–H groups in total. The van der Waals surface area contributed by atoms with Crippen LogP contribution in [0, 0.1) is 5.92 Å². The van der Waals surface area contributed by atoms with E-state index in [4.69, 9.17) is 13.9 Å². The van der Waals surface area contributed by atoms with Crippen LogP contribution >= 0.6 is 0 Å². The molecule has 1 aromatic carbocycles. The number of hydrogen-bond acceptors (Lipinski definition) is 4. The summed E-state index contributed by atoms with van der Waals surface area (Å²) in [6, 6.07) is 7.89. The van der Waals surface area contributed by atoms with Crippen molar-refractivity contribution in [2.45, 2.75) is 77.4 Å². The monoisotopic (exact) mass is 441 g/mol. The molecule has 0 amide bonds. The molecule has 29 heavy (non-hydrogen) atoms. The summed E-state index contributed by atoms with van der Waals surface area (Å²) in [7, 11) is -0.289. The van der Waals surface area contributed by atoms with E-state index >= 15 is 0 Å². The number of nitrogens with zero attached hydrogens (tertiary/aromatic N) is 1. The predicted molar refractivity (Wildman–Crippen MR) is 126 cm³/mol. The molecule has 0 saturated carbocycles. The fourth-order valence-electron chi connectivity index (χ4n) is 2.43. The van der Waals surface area contributed by atoms with Gasteiger partial charge in [-0.1, -0.05) is 39.8 Å². The van der Waals surface area contributed by atoms with E-state index in [-0.39, 0.29) is 17.1 Å². The topological polar surface area (TPSA) is 57.1 Å². The van der Waals surface area contributed by atoms with Crippen molar-refractivity contribution >= 4 is 25.2 Å². The van der Waals surface area contributed by atoms with Gasteiger partial charge in [0.25, 0.3) is 0 Å². The first kappa shape index (κ1) is 25.9. The Balaban J connectivity index is 3.45. The maximum Gasteiger partial charge on any atom is 0.203 e. The zero-order valence-corrected chi connectivity index (χ0v) is 21.8. The van der Waals surface area contributed by atoms with E-state index in [9.17, 15) is 4.21 Å². The Morgan fingerprint density at radius 1 is 1.10 bits per heavy atom. The molecule has 0 aliphatic heterocycles. The molecule has 0 bridgehead atoms. The summed E-state index contributed by atoms with van der Waals surface area (Å²) >= 11 is 0. The summed E-state index contributed by atoms with van der Waals surface area (Å²) < 4.78 is 34.4. The van der Waals surface area contributed by atoms with Crippen LogP contribution < -0.4 is 4.74 Å². The van der Waals surface area contributed by atoms with Crippen LogP contribution in [0.2, 0.25) is 18.1 Å². The molecule has 1 rings (SSSR count). The lowest BCUT2D eigenvalue weighted by atomic mass is 9.97. The highest BCUT2D eigenvalue weighted by atomic mass is 32.2. The third-order valence-corrected chi connectivity index (χ3v) is 11.2. The third-order valence-electron chi connectivity index (χ3n) is 5.40. The SMILES string of the molecule is CO/C(=N/[S@](=O)C(C)(C)C)[C@H](C)[C@H](O[Si](C)(C)C(C)(C)C)c1cccc(OC)c1. The van der Waals surface area contributed by atoms with Gasteiger partial charge in [-0.25, -0.2) is 4.21 Å². The average Bonchev–Trinajstić information content (AvgIpc) is 2.61. The van der Waals surface area contributed by atoms with Gasteiger partial charge in [-0.15, -0.1) is 0 Å². The van der Waals surface area contributed by atoms with Crippen LogP contribution in [0.25, 0.3) is 0 Å². The number of hydrogen-bond donors (Lipinski definition) is 0. The number of methoxy groups -OCH3 is 2. The summed E-state index contributed by atoms with van der Waals surface area (Å²) in [6.45, 7) is 18.8. The molecule has 5 nitrogen and oxygen atoms in total. The zero-order chi connectivity index (χ0) is 22.6. The number of benzene rings is 1. The van der Waals surface area contributed by atoms with Crippen molar-refractivity contribution < 1.29 is 18.1 Å². The van der Waals surface area contributed by atoms with Crippen LogP contribution in [0.3, 0.4) is 0 Å². The normalized spacial score (nSPS) is 16.9. The first-order chi connectivity index (χ1) is 13.1. The van der Waals surface area contributed by atoms with Gasteiger partial charge in [0.1, 0.15) is 16.7 Å². The van der Waals surface area contributed by atoms with Crippen molar-refractivity contribution in [2.75, 3.05) is 14.2 Å². The maximum atomic E-state index is 12.6.